The average Bonchev–Trinajstić information content (AvgIpc) is 3.10. The van der Waals surface area contributed by atoms with Crippen molar-refractivity contribution in [2.24, 2.45) is 23.2 Å². The smallest absolute Gasteiger partial charge is 0.0591 e. The van der Waals surface area contributed by atoms with Crippen molar-refractivity contribution < 1.29 is 18.4 Å². The molecule has 3 aliphatic rings. The average molecular weight is 407 g/mol. The van der Waals surface area contributed by atoms with Gasteiger partial charge in [0.05, 0.1) is 11.7 Å². The van der Waals surface area contributed by atoms with E-state index in [0.29, 0.717) is 37.0 Å². The predicted octanol–water partition coefficient (Wildman–Crippen LogP) is 6.73. The van der Waals surface area contributed by atoms with Gasteiger partial charge >= 0.3 is 0 Å². The highest BCUT2D eigenvalue weighted by atomic mass is 16.3. The molecule has 0 amide bonds. The van der Waals surface area contributed by atoms with Crippen molar-refractivity contribution in [1.82, 2.24) is 0 Å². The molecule has 0 radical (unpaired) electrons. The number of rotatable bonds is 6. The highest BCUT2D eigenvalue weighted by Crippen LogP contribution is 2.60. The highest BCUT2D eigenvalue weighted by molar-refractivity contribution is 5.36. The molecule has 0 aromatic heterocycles. The van der Waals surface area contributed by atoms with E-state index in [-0.39, 0.29) is 17.9 Å². The molecule has 2 heteroatoms. The van der Waals surface area contributed by atoms with Crippen LogP contribution in [0.25, 0.3) is 0 Å². The minimum atomic E-state index is -2.94. The molecule has 3 saturated carbocycles. The second-order valence-corrected chi connectivity index (χ2v) is 10.3. The number of hydrogen-bond acceptors (Lipinski definition) is 2. The molecule has 2 N–H and O–H groups in total. The molecule has 0 spiro atoms. The van der Waals surface area contributed by atoms with Crippen molar-refractivity contribution in [3.63, 3.8) is 0 Å². The van der Waals surface area contributed by atoms with Crippen LogP contribution in [-0.4, -0.2) is 21.9 Å². The molecular formula is C27H44O2. The molecule has 164 valence electrons. The monoisotopic (exact) mass is 406 g/mol. The van der Waals surface area contributed by atoms with Gasteiger partial charge in [-0.25, -0.2) is 0 Å². The van der Waals surface area contributed by atoms with Crippen LogP contribution in [0.4, 0.5) is 0 Å². The second-order valence-electron chi connectivity index (χ2n) is 10.3. The summed E-state index contributed by atoms with van der Waals surface area (Å²) in [5.74, 6) is 1.33. The normalized spacial score (nSPS) is 41.1. The quantitative estimate of drug-likeness (QED) is 0.513. The lowest BCUT2D eigenvalue weighted by atomic mass is 9.60. The van der Waals surface area contributed by atoms with Gasteiger partial charge in [0, 0.05) is 8.22 Å². The first-order valence-corrected chi connectivity index (χ1v) is 11.6. The van der Waals surface area contributed by atoms with Gasteiger partial charge in [0.1, 0.15) is 0 Å². The van der Waals surface area contributed by atoms with E-state index in [0.717, 1.165) is 44.1 Å². The molecule has 0 saturated heterocycles. The maximum atomic E-state index is 10.6. The van der Waals surface area contributed by atoms with E-state index in [1.807, 2.05) is 0 Å². The Bertz CT molecular complexity index is 826. The Labute approximate surface area is 187 Å². The van der Waals surface area contributed by atoms with Gasteiger partial charge in [0.15, 0.2) is 0 Å². The molecule has 3 aliphatic carbocycles. The standard InChI is InChI=1S/C27H44O2/c1-19-10-13-23(28)18-22(19)12-11-21-9-7-17-27(5)24(14-15-25(21)27)20(2)8-6-16-26(3,4)29/h11-12,20,23-25,28-29H,1,6-10,13-18H2,2-5H3/b21-11+,22-12-/t20-,23+,24-,25+,27-/m1/s1/i3D3,4D3. The topological polar surface area (TPSA) is 40.5 Å². The van der Waals surface area contributed by atoms with E-state index in [9.17, 15) is 10.2 Å². The molecule has 3 rings (SSSR count). The zero-order valence-electron chi connectivity index (χ0n) is 24.3. The summed E-state index contributed by atoms with van der Waals surface area (Å²) < 4.78 is 45.6. The van der Waals surface area contributed by atoms with Crippen LogP contribution < -0.4 is 0 Å². The van der Waals surface area contributed by atoms with Crippen molar-refractivity contribution in [2.45, 2.75) is 110 Å². The van der Waals surface area contributed by atoms with E-state index in [4.69, 9.17) is 8.22 Å². The van der Waals surface area contributed by atoms with Crippen LogP contribution >= 0.6 is 0 Å². The summed E-state index contributed by atoms with van der Waals surface area (Å²) in [7, 11) is 0. The van der Waals surface area contributed by atoms with E-state index in [1.165, 1.54) is 17.6 Å². The summed E-state index contributed by atoms with van der Waals surface area (Å²) in [6.07, 6.45) is 13.1. The van der Waals surface area contributed by atoms with E-state index in [1.54, 1.807) is 0 Å². The molecule has 0 heterocycles. The first kappa shape index (κ1) is 15.9. The molecule has 0 aromatic carbocycles. The Morgan fingerprint density at radius 3 is 2.83 bits per heavy atom. The lowest BCUT2D eigenvalue weighted by Gasteiger charge is -2.44. The van der Waals surface area contributed by atoms with Gasteiger partial charge < -0.3 is 10.2 Å². The summed E-state index contributed by atoms with van der Waals surface area (Å²) in [5, 5.41) is 20.6. The van der Waals surface area contributed by atoms with Crippen molar-refractivity contribution in [3.05, 3.63) is 35.5 Å². The van der Waals surface area contributed by atoms with Crippen LogP contribution in [0.5, 0.6) is 0 Å². The first-order valence-electron chi connectivity index (χ1n) is 14.6. The third kappa shape index (κ3) is 5.44. The van der Waals surface area contributed by atoms with Crippen molar-refractivity contribution in [2.75, 3.05) is 0 Å². The first-order chi connectivity index (χ1) is 16.1. The van der Waals surface area contributed by atoms with E-state index in [2.05, 4.69) is 32.6 Å². The summed E-state index contributed by atoms with van der Waals surface area (Å²) in [4.78, 5) is 0. The largest absolute Gasteiger partial charge is 0.393 e. The third-order valence-corrected chi connectivity index (χ3v) is 8.11. The summed E-state index contributed by atoms with van der Waals surface area (Å²) in [5.41, 5.74) is 1.32. The molecule has 3 fully saturated rings. The van der Waals surface area contributed by atoms with Crippen LogP contribution in [0.3, 0.4) is 0 Å². The highest BCUT2D eigenvalue weighted by Gasteiger charge is 2.50. The van der Waals surface area contributed by atoms with Crippen molar-refractivity contribution >= 4 is 0 Å². The molecule has 2 nitrogen and oxygen atoms in total. The third-order valence-electron chi connectivity index (χ3n) is 8.11. The number of aliphatic hydroxyl groups is 2. The Balaban J connectivity index is 1.68. The number of hydrogen-bond donors (Lipinski definition) is 2. The Morgan fingerprint density at radius 1 is 1.28 bits per heavy atom. The molecule has 0 bridgehead atoms. The van der Waals surface area contributed by atoms with Gasteiger partial charge in [-0.1, -0.05) is 56.6 Å². The summed E-state index contributed by atoms with van der Waals surface area (Å²) in [6, 6.07) is 0. The minimum absolute atomic E-state index is 0.176. The van der Waals surface area contributed by atoms with Gasteiger partial charge in [-0.2, -0.15) is 0 Å². The Morgan fingerprint density at radius 2 is 2.07 bits per heavy atom. The summed E-state index contributed by atoms with van der Waals surface area (Å²) >= 11 is 0. The van der Waals surface area contributed by atoms with Crippen LogP contribution in [0.15, 0.2) is 35.5 Å². The molecule has 0 aliphatic heterocycles. The fraction of sp³-hybridized carbons (Fsp3) is 0.778. The number of aliphatic hydroxyl groups excluding tert-OH is 1. The Kier molecular flexibility index (Phi) is 4.98. The fourth-order valence-corrected chi connectivity index (χ4v) is 6.49. The number of fused-ring (bicyclic) bond motifs is 1. The van der Waals surface area contributed by atoms with Gasteiger partial charge in [0.2, 0.25) is 0 Å². The maximum absolute atomic E-state index is 10.6. The molecular weight excluding hydrogens is 356 g/mol. The van der Waals surface area contributed by atoms with Gasteiger partial charge in [-0.15, -0.1) is 0 Å². The SMILES string of the molecule is [2H]C([2H])([2H])C(O)(CCC[C@@H](C)[C@H]1CC[C@H]2/C(=C/C=C3/C[C@@H](O)CCC3=C)CCC[C@]12C)C([2H])([2H])[2H]. The molecule has 5 atom stereocenters. The van der Waals surface area contributed by atoms with Crippen LogP contribution in [0.2, 0.25) is 0 Å². The zero-order valence-corrected chi connectivity index (χ0v) is 18.3. The van der Waals surface area contributed by atoms with E-state index < -0.39 is 19.3 Å². The minimum Gasteiger partial charge on any atom is -0.393 e. The van der Waals surface area contributed by atoms with Gasteiger partial charge in [0.25, 0.3) is 0 Å². The lowest BCUT2D eigenvalue weighted by Crippen LogP contribution is -2.36. The predicted molar refractivity (Wildman–Crippen MR) is 123 cm³/mol. The van der Waals surface area contributed by atoms with Gasteiger partial charge in [-0.05, 0) is 100 Å². The van der Waals surface area contributed by atoms with Gasteiger partial charge in [-0.3, -0.25) is 0 Å². The fourth-order valence-electron chi connectivity index (χ4n) is 6.49. The molecule has 29 heavy (non-hydrogen) atoms. The number of allylic oxidation sites excluding steroid dienone is 4. The Hall–Kier alpha value is -0.860. The zero-order chi connectivity index (χ0) is 26.2. The van der Waals surface area contributed by atoms with Crippen LogP contribution in [-0.2, 0) is 0 Å². The maximum Gasteiger partial charge on any atom is 0.0591 e. The van der Waals surface area contributed by atoms with Crippen molar-refractivity contribution in [3.8, 4) is 0 Å². The van der Waals surface area contributed by atoms with Crippen LogP contribution in [0.1, 0.15) is 106 Å². The van der Waals surface area contributed by atoms with Crippen LogP contribution in [0, 0.1) is 23.2 Å². The van der Waals surface area contributed by atoms with Crippen molar-refractivity contribution in [1.29, 1.82) is 0 Å². The second kappa shape index (κ2) is 9.10. The molecule has 0 unspecified atom stereocenters. The summed E-state index contributed by atoms with van der Waals surface area (Å²) in [6.45, 7) is 2.91. The lowest BCUT2D eigenvalue weighted by molar-refractivity contribution is 0.0596. The van der Waals surface area contributed by atoms with E-state index >= 15 is 0 Å². The molecule has 0 aromatic rings.